The van der Waals surface area contributed by atoms with E-state index in [-0.39, 0.29) is 0 Å². The summed E-state index contributed by atoms with van der Waals surface area (Å²) in [5.74, 6) is -0.393. The van der Waals surface area contributed by atoms with E-state index in [9.17, 15) is 4.79 Å². The van der Waals surface area contributed by atoms with Gasteiger partial charge in [0, 0.05) is 13.7 Å². The Morgan fingerprint density at radius 3 is 2.50 bits per heavy atom. The third kappa shape index (κ3) is 5.05. The largest absolute Gasteiger partial charge is 0.465 e. The molecule has 0 aliphatic heterocycles. The van der Waals surface area contributed by atoms with Crippen molar-refractivity contribution in [2.75, 3.05) is 38.4 Å². The van der Waals surface area contributed by atoms with E-state index in [2.05, 4.69) is 10.1 Å². The third-order valence-corrected chi connectivity index (χ3v) is 2.09. The highest BCUT2D eigenvalue weighted by Gasteiger charge is 2.07. The highest BCUT2D eigenvalue weighted by atomic mass is 16.5. The van der Waals surface area contributed by atoms with Crippen molar-refractivity contribution in [1.82, 2.24) is 0 Å². The second kappa shape index (κ2) is 9.30. The Hall–Kier alpha value is -1.75. The summed E-state index contributed by atoms with van der Waals surface area (Å²) in [6, 6.07) is 5.00. The third-order valence-electron chi connectivity index (χ3n) is 2.09. The molecule has 18 heavy (non-hydrogen) atoms. The van der Waals surface area contributed by atoms with Gasteiger partial charge in [0.05, 0.1) is 30.7 Å². The maximum absolute atomic E-state index is 11.2. The first-order valence-electron chi connectivity index (χ1n) is 5.89. The minimum atomic E-state index is -0.393. The maximum atomic E-state index is 11.2. The zero-order valence-corrected chi connectivity index (χ0v) is 11.4. The van der Waals surface area contributed by atoms with Gasteiger partial charge in [-0.1, -0.05) is 13.8 Å². The molecule has 1 aromatic carbocycles. The molecule has 0 spiro atoms. The van der Waals surface area contributed by atoms with Crippen LogP contribution in [0, 0.1) is 0 Å². The van der Waals surface area contributed by atoms with Gasteiger partial charge in [-0.15, -0.1) is 0 Å². The maximum Gasteiger partial charge on any atom is 0.337 e. The van der Waals surface area contributed by atoms with Gasteiger partial charge < -0.3 is 20.5 Å². The molecule has 0 saturated heterocycles. The predicted octanol–water partition coefficient (Wildman–Crippen LogP) is 2.14. The Labute approximate surface area is 108 Å². The molecular weight excluding hydrogens is 232 g/mol. The van der Waals surface area contributed by atoms with Crippen LogP contribution in [0.4, 0.5) is 11.4 Å². The van der Waals surface area contributed by atoms with Gasteiger partial charge in [-0.2, -0.15) is 0 Å². The summed E-state index contributed by atoms with van der Waals surface area (Å²) in [6.45, 7) is 5.26. The highest BCUT2D eigenvalue weighted by Crippen LogP contribution is 2.19. The lowest BCUT2D eigenvalue weighted by atomic mass is 10.1. The predicted molar refractivity (Wildman–Crippen MR) is 73.9 cm³/mol. The molecule has 3 N–H and O–H groups in total. The number of ether oxygens (including phenoxy) is 2. The number of nitrogen functional groups attached to an aromatic ring is 1. The van der Waals surface area contributed by atoms with Crippen molar-refractivity contribution in [3.63, 3.8) is 0 Å². The summed E-state index contributed by atoms with van der Waals surface area (Å²) in [6.07, 6.45) is 0. The number of carbonyl (C=O) groups is 1. The van der Waals surface area contributed by atoms with Crippen molar-refractivity contribution in [2.45, 2.75) is 13.8 Å². The molecule has 0 aromatic heterocycles. The van der Waals surface area contributed by atoms with E-state index in [1.165, 1.54) is 7.11 Å². The summed E-state index contributed by atoms with van der Waals surface area (Å²) in [5, 5.41) is 3.10. The number of methoxy groups -OCH3 is 2. The molecule has 0 bridgehead atoms. The van der Waals surface area contributed by atoms with Gasteiger partial charge in [0.15, 0.2) is 0 Å². The standard InChI is InChI=1S/C11H16N2O3.C2H6/c1-15-6-5-13-10-4-3-8(7-9(10)12)11(14)16-2;1-2/h3-4,7,13H,5-6,12H2,1-2H3;1-2H3. The first-order valence-corrected chi connectivity index (χ1v) is 5.89. The Morgan fingerprint density at radius 1 is 1.33 bits per heavy atom. The molecule has 0 fully saturated rings. The molecule has 0 heterocycles. The summed E-state index contributed by atoms with van der Waals surface area (Å²) < 4.78 is 9.50. The normalized spacial score (nSPS) is 9.11. The van der Waals surface area contributed by atoms with Gasteiger partial charge in [-0.25, -0.2) is 4.79 Å². The minimum absolute atomic E-state index is 0.393. The lowest BCUT2D eigenvalue weighted by Gasteiger charge is -2.09. The van der Waals surface area contributed by atoms with Crippen LogP contribution in [0.2, 0.25) is 0 Å². The number of hydrogen-bond donors (Lipinski definition) is 2. The number of rotatable bonds is 5. The fourth-order valence-corrected chi connectivity index (χ4v) is 1.26. The van der Waals surface area contributed by atoms with Gasteiger partial charge in [0.1, 0.15) is 0 Å². The van der Waals surface area contributed by atoms with Crippen molar-refractivity contribution in [3.8, 4) is 0 Å². The Bertz CT molecular complexity index is 367. The summed E-state index contributed by atoms with van der Waals surface area (Å²) in [7, 11) is 2.97. The molecule has 1 rings (SSSR count). The molecular formula is C13H22N2O3. The molecule has 5 nitrogen and oxygen atoms in total. The van der Waals surface area contributed by atoms with Crippen LogP contribution in [0.15, 0.2) is 18.2 Å². The van der Waals surface area contributed by atoms with E-state index < -0.39 is 5.97 Å². The first kappa shape index (κ1) is 16.2. The number of hydrogen-bond acceptors (Lipinski definition) is 5. The average Bonchev–Trinajstić information content (AvgIpc) is 2.42. The fraction of sp³-hybridized carbons (Fsp3) is 0.462. The highest BCUT2D eigenvalue weighted by molar-refractivity contribution is 5.91. The van der Waals surface area contributed by atoms with E-state index in [4.69, 9.17) is 10.5 Å². The quantitative estimate of drug-likeness (QED) is 0.478. The topological polar surface area (TPSA) is 73.6 Å². The molecule has 102 valence electrons. The number of benzene rings is 1. The molecule has 0 atom stereocenters. The Kier molecular flexibility index (Phi) is 8.39. The molecule has 0 aliphatic rings. The van der Waals surface area contributed by atoms with Crippen molar-refractivity contribution in [2.24, 2.45) is 0 Å². The lowest BCUT2D eigenvalue weighted by Crippen LogP contribution is -2.10. The molecule has 0 amide bonds. The van der Waals surface area contributed by atoms with E-state index in [0.717, 1.165) is 5.69 Å². The monoisotopic (exact) mass is 254 g/mol. The van der Waals surface area contributed by atoms with Crippen LogP contribution in [0.5, 0.6) is 0 Å². The Morgan fingerprint density at radius 2 is 2.00 bits per heavy atom. The van der Waals surface area contributed by atoms with Crippen LogP contribution in [0.1, 0.15) is 24.2 Å². The van der Waals surface area contributed by atoms with Gasteiger partial charge in [-0.3, -0.25) is 0 Å². The van der Waals surface area contributed by atoms with Gasteiger partial charge in [-0.05, 0) is 18.2 Å². The molecule has 1 aromatic rings. The van der Waals surface area contributed by atoms with Crippen molar-refractivity contribution >= 4 is 17.3 Å². The Balaban J connectivity index is 0.00000137. The molecule has 0 radical (unpaired) electrons. The zero-order chi connectivity index (χ0) is 14.0. The number of esters is 1. The molecule has 0 saturated carbocycles. The molecule has 0 aliphatic carbocycles. The van der Waals surface area contributed by atoms with Crippen LogP contribution in [0.3, 0.4) is 0 Å². The van der Waals surface area contributed by atoms with Crippen LogP contribution < -0.4 is 11.1 Å². The lowest BCUT2D eigenvalue weighted by molar-refractivity contribution is 0.0601. The summed E-state index contributed by atoms with van der Waals surface area (Å²) >= 11 is 0. The van der Waals surface area contributed by atoms with Gasteiger partial charge >= 0.3 is 5.97 Å². The average molecular weight is 254 g/mol. The van der Waals surface area contributed by atoms with Gasteiger partial charge in [0.2, 0.25) is 0 Å². The fourth-order valence-electron chi connectivity index (χ4n) is 1.26. The number of anilines is 2. The molecule has 5 heteroatoms. The smallest absolute Gasteiger partial charge is 0.337 e. The van der Waals surface area contributed by atoms with E-state index in [1.54, 1.807) is 25.3 Å². The van der Waals surface area contributed by atoms with Crippen LogP contribution in [0.25, 0.3) is 0 Å². The SMILES string of the molecule is CC.COCCNc1ccc(C(=O)OC)cc1N. The van der Waals surface area contributed by atoms with Crippen molar-refractivity contribution < 1.29 is 14.3 Å². The number of carbonyl (C=O) groups excluding carboxylic acids is 1. The molecule has 0 unspecified atom stereocenters. The zero-order valence-electron chi connectivity index (χ0n) is 11.4. The minimum Gasteiger partial charge on any atom is -0.465 e. The van der Waals surface area contributed by atoms with E-state index in [1.807, 2.05) is 13.8 Å². The summed E-state index contributed by atoms with van der Waals surface area (Å²) in [4.78, 5) is 11.2. The van der Waals surface area contributed by atoms with Gasteiger partial charge in [0.25, 0.3) is 0 Å². The van der Waals surface area contributed by atoms with E-state index >= 15 is 0 Å². The van der Waals surface area contributed by atoms with Crippen LogP contribution in [-0.2, 0) is 9.47 Å². The van der Waals surface area contributed by atoms with Crippen LogP contribution in [-0.4, -0.2) is 33.3 Å². The second-order valence-corrected chi connectivity index (χ2v) is 3.21. The number of nitrogens with one attached hydrogen (secondary N) is 1. The number of nitrogens with two attached hydrogens (primary N) is 1. The second-order valence-electron chi connectivity index (χ2n) is 3.21. The van der Waals surface area contributed by atoms with Crippen LogP contribution >= 0.6 is 0 Å². The van der Waals surface area contributed by atoms with Crippen molar-refractivity contribution in [3.05, 3.63) is 23.8 Å². The summed E-state index contributed by atoms with van der Waals surface area (Å²) in [5.41, 5.74) is 7.52. The van der Waals surface area contributed by atoms with E-state index in [0.29, 0.717) is 24.4 Å². The van der Waals surface area contributed by atoms with Crippen molar-refractivity contribution in [1.29, 1.82) is 0 Å². The first-order chi connectivity index (χ1) is 8.69.